The van der Waals surface area contributed by atoms with Gasteiger partial charge in [-0.2, -0.15) is 5.10 Å². The first-order chi connectivity index (χ1) is 7.69. The van der Waals surface area contributed by atoms with E-state index in [9.17, 15) is 4.79 Å². The van der Waals surface area contributed by atoms with Gasteiger partial charge in [0.2, 0.25) is 0 Å². The fraction of sp³-hybridized carbons (Fsp3) is 0.636. The van der Waals surface area contributed by atoms with Gasteiger partial charge in [-0.3, -0.25) is 9.48 Å². The van der Waals surface area contributed by atoms with Gasteiger partial charge in [0, 0.05) is 24.7 Å². The van der Waals surface area contributed by atoms with Gasteiger partial charge >= 0.3 is 0 Å². The number of aliphatic hydroxyl groups is 1. The lowest BCUT2D eigenvalue weighted by atomic mass is 10.1. The molecule has 0 radical (unpaired) electrons. The van der Waals surface area contributed by atoms with Gasteiger partial charge in [0.25, 0.3) is 5.91 Å². The number of aromatic nitrogens is 2. The summed E-state index contributed by atoms with van der Waals surface area (Å²) in [4.78, 5) is 11.7. The van der Waals surface area contributed by atoms with E-state index >= 15 is 0 Å². The van der Waals surface area contributed by atoms with Crippen molar-refractivity contribution in [1.29, 1.82) is 0 Å². The van der Waals surface area contributed by atoms with Crippen molar-refractivity contribution < 1.29 is 9.90 Å². The van der Waals surface area contributed by atoms with E-state index in [2.05, 4.69) is 10.4 Å². The molecule has 1 aliphatic carbocycles. The minimum Gasteiger partial charge on any atom is -0.396 e. The highest BCUT2D eigenvalue weighted by Crippen LogP contribution is 2.44. The topological polar surface area (TPSA) is 67.2 Å². The quantitative estimate of drug-likeness (QED) is 0.759. The molecule has 16 heavy (non-hydrogen) atoms. The summed E-state index contributed by atoms with van der Waals surface area (Å²) in [6, 6.07) is 0. The van der Waals surface area contributed by atoms with Crippen LogP contribution in [0, 0.1) is 5.41 Å². The fourth-order valence-electron chi connectivity index (χ4n) is 1.59. The van der Waals surface area contributed by atoms with Gasteiger partial charge in [-0.05, 0) is 19.8 Å². The van der Waals surface area contributed by atoms with E-state index in [1.165, 1.54) is 0 Å². The molecule has 1 heterocycles. The van der Waals surface area contributed by atoms with Crippen LogP contribution < -0.4 is 5.32 Å². The molecule has 0 bridgehead atoms. The Labute approximate surface area is 94.5 Å². The molecule has 0 atom stereocenters. The Morgan fingerprint density at radius 3 is 2.94 bits per heavy atom. The molecule has 5 nitrogen and oxygen atoms in total. The maximum atomic E-state index is 11.7. The highest BCUT2D eigenvalue weighted by Gasteiger charge is 2.42. The van der Waals surface area contributed by atoms with Gasteiger partial charge in [-0.25, -0.2) is 0 Å². The molecule has 1 fully saturated rings. The second-order valence-corrected chi connectivity index (χ2v) is 4.43. The molecule has 0 aliphatic heterocycles. The number of carbonyl (C=O) groups excluding carboxylic acids is 1. The van der Waals surface area contributed by atoms with Crippen LogP contribution in [0.25, 0.3) is 0 Å². The Bertz CT molecular complexity index is 382. The van der Waals surface area contributed by atoms with Crippen molar-refractivity contribution in [2.24, 2.45) is 5.41 Å². The number of aryl methyl sites for hydroxylation is 1. The third kappa shape index (κ3) is 2.24. The predicted molar refractivity (Wildman–Crippen MR) is 59.0 cm³/mol. The molecule has 0 aromatic carbocycles. The fourth-order valence-corrected chi connectivity index (χ4v) is 1.59. The van der Waals surface area contributed by atoms with Crippen molar-refractivity contribution in [3.05, 3.63) is 18.0 Å². The standard InChI is InChI=1S/C11H17N3O2/c1-2-14-6-9(5-13-14)10(16)12-7-11(8-15)3-4-11/h5-6,15H,2-4,7-8H2,1H3,(H,12,16). The molecule has 1 saturated carbocycles. The van der Waals surface area contributed by atoms with Crippen LogP contribution in [0.2, 0.25) is 0 Å². The second kappa shape index (κ2) is 4.25. The Hall–Kier alpha value is -1.36. The maximum absolute atomic E-state index is 11.7. The first-order valence-corrected chi connectivity index (χ1v) is 5.61. The van der Waals surface area contributed by atoms with E-state index < -0.39 is 0 Å². The van der Waals surface area contributed by atoms with Gasteiger partial charge < -0.3 is 10.4 Å². The number of hydrogen-bond donors (Lipinski definition) is 2. The van der Waals surface area contributed by atoms with Crippen molar-refractivity contribution in [1.82, 2.24) is 15.1 Å². The molecule has 1 aliphatic rings. The van der Waals surface area contributed by atoms with Crippen LogP contribution in [-0.4, -0.2) is 33.9 Å². The van der Waals surface area contributed by atoms with Crippen molar-refractivity contribution in [3.8, 4) is 0 Å². The van der Waals surface area contributed by atoms with Gasteiger partial charge in [0.05, 0.1) is 18.4 Å². The SMILES string of the molecule is CCn1cc(C(=O)NCC2(CO)CC2)cn1. The zero-order chi connectivity index (χ0) is 11.6. The Morgan fingerprint density at radius 1 is 1.69 bits per heavy atom. The minimum absolute atomic E-state index is 0.0452. The van der Waals surface area contributed by atoms with Crippen LogP contribution in [0.5, 0.6) is 0 Å². The van der Waals surface area contributed by atoms with Gasteiger partial charge in [-0.1, -0.05) is 0 Å². The summed E-state index contributed by atoms with van der Waals surface area (Å²) in [5.74, 6) is -0.112. The summed E-state index contributed by atoms with van der Waals surface area (Å²) in [5, 5.41) is 16.0. The molecule has 0 saturated heterocycles. The van der Waals surface area contributed by atoms with E-state index in [0.717, 1.165) is 19.4 Å². The average molecular weight is 223 g/mol. The molecule has 1 amide bonds. The monoisotopic (exact) mass is 223 g/mol. The Morgan fingerprint density at radius 2 is 2.44 bits per heavy atom. The van der Waals surface area contributed by atoms with Crippen molar-refractivity contribution in [3.63, 3.8) is 0 Å². The molecule has 88 valence electrons. The maximum Gasteiger partial charge on any atom is 0.254 e. The third-order valence-electron chi connectivity index (χ3n) is 3.14. The minimum atomic E-state index is -0.112. The number of nitrogens with zero attached hydrogens (tertiary/aromatic N) is 2. The lowest BCUT2D eigenvalue weighted by molar-refractivity contribution is 0.0935. The lowest BCUT2D eigenvalue weighted by Gasteiger charge is -2.11. The van der Waals surface area contributed by atoms with E-state index in [0.29, 0.717) is 12.1 Å². The number of hydrogen-bond acceptors (Lipinski definition) is 3. The Kier molecular flexibility index (Phi) is 2.96. The van der Waals surface area contributed by atoms with Crippen LogP contribution in [0.1, 0.15) is 30.1 Å². The molecule has 1 aromatic heterocycles. The molecular formula is C11H17N3O2. The molecule has 0 spiro atoms. The van der Waals surface area contributed by atoms with E-state index in [1.54, 1.807) is 17.1 Å². The smallest absolute Gasteiger partial charge is 0.254 e. The molecule has 2 rings (SSSR count). The third-order valence-corrected chi connectivity index (χ3v) is 3.14. The average Bonchev–Trinajstić information content (AvgIpc) is 2.94. The van der Waals surface area contributed by atoms with Gasteiger partial charge in [-0.15, -0.1) is 0 Å². The highest BCUT2D eigenvalue weighted by molar-refractivity contribution is 5.93. The number of carbonyl (C=O) groups is 1. The van der Waals surface area contributed by atoms with Gasteiger partial charge in [0.1, 0.15) is 0 Å². The lowest BCUT2D eigenvalue weighted by Crippen LogP contribution is -2.31. The first-order valence-electron chi connectivity index (χ1n) is 5.61. The van der Waals surface area contributed by atoms with Crippen LogP contribution in [-0.2, 0) is 6.54 Å². The van der Waals surface area contributed by atoms with E-state index in [-0.39, 0.29) is 17.9 Å². The number of nitrogens with one attached hydrogen (secondary N) is 1. The van der Waals surface area contributed by atoms with Crippen LogP contribution in [0.4, 0.5) is 0 Å². The summed E-state index contributed by atoms with van der Waals surface area (Å²) in [5.41, 5.74) is 0.534. The van der Waals surface area contributed by atoms with Crippen LogP contribution in [0.15, 0.2) is 12.4 Å². The molecule has 2 N–H and O–H groups in total. The second-order valence-electron chi connectivity index (χ2n) is 4.43. The van der Waals surface area contributed by atoms with E-state index in [4.69, 9.17) is 5.11 Å². The molecule has 1 aromatic rings. The van der Waals surface area contributed by atoms with E-state index in [1.807, 2.05) is 6.92 Å². The summed E-state index contributed by atoms with van der Waals surface area (Å²) >= 11 is 0. The van der Waals surface area contributed by atoms with Crippen LogP contribution in [0.3, 0.4) is 0 Å². The summed E-state index contributed by atoms with van der Waals surface area (Å²) in [7, 11) is 0. The number of rotatable bonds is 5. The number of amides is 1. The van der Waals surface area contributed by atoms with Crippen molar-refractivity contribution in [2.45, 2.75) is 26.3 Å². The molecular weight excluding hydrogens is 206 g/mol. The summed E-state index contributed by atoms with van der Waals surface area (Å²) in [6.07, 6.45) is 5.29. The Balaban J connectivity index is 1.88. The van der Waals surface area contributed by atoms with Crippen molar-refractivity contribution in [2.75, 3.05) is 13.2 Å². The molecule has 5 heteroatoms. The van der Waals surface area contributed by atoms with Crippen molar-refractivity contribution >= 4 is 5.91 Å². The predicted octanol–water partition coefficient (Wildman–Crippen LogP) is 0.405. The van der Waals surface area contributed by atoms with Gasteiger partial charge in [0.15, 0.2) is 0 Å². The molecule has 0 unspecified atom stereocenters. The zero-order valence-electron chi connectivity index (χ0n) is 9.44. The summed E-state index contributed by atoms with van der Waals surface area (Å²) in [6.45, 7) is 3.44. The largest absolute Gasteiger partial charge is 0.396 e. The zero-order valence-corrected chi connectivity index (χ0v) is 9.44. The normalized spacial score (nSPS) is 17.1. The number of aliphatic hydroxyl groups excluding tert-OH is 1. The first kappa shape index (κ1) is 11.1. The summed E-state index contributed by atoms with van der Waals surface area (Å²) < 4.78 is 1.72. The highest BCUT2D eigenvalue weighted by atomic mass is 16.3. The van der Waals surface area contributed by atoms with Crippen LogP contribution >= 0.6 is 0 Å².